The number of thioether (sulfide) groups is 1. The van der Waals surface area contributed by atoms with Gasteiger partial charge < -0.3 is 14.9 Å². The van der Waals surface area contributed by atoms with E-state index in [0.717, 1.165) is 12.8 Å². The van der Waals surface area contributed by atoms with Gasteiger partial charge in [0.1, 0.15) is 11.1 Å². The summed E-state index contributed by atoms with van der Waals surface area (Å²) >= 11 is 1.30. The van der Waals surface area contributed by atoms with Gasteiger partial charge in [0.25, 0.3) is 0 Å². The van der Waals surface area contributed by atoms with Crippen LogP contribution in [0.4, 0.5) is 0 Å². The maximum atomic E-state index is 12.1. The molecule has 0 radical (unpaired) electrons. The average Bonchev–Trinajstić information content (AvgIpc) is 3.02. The third-order valence-electron chi connectivity index (χ3n) is 4.11. The van der Waals surface area contributed by atoms with Crippen LogP contribution in [-0.2, 0) is 14.3 Å². The fourth-order valence-corrected chi connectivity index (χ4v) is 4.63. The molecule has 3 heterocycles. The summed E-state index contributed by atoms with van der Waals surface area (Å²) in [6, 6.07) is 0. The maximum absolute atomic E-state index is 12.1. The smallest absolute Gasteiger partial charge is 0.353 e. The Hall–Kier alpha value is -1.31. The van der Waals surface area contributed by atoms with Crippen LogP contribution < -0.4 is 0 Å². The van der Waals surface area contributed by atoms with E-state index in [1.165, 1.54) is 16.7 Å². The van der Waals surface area contributed by atoms with Crippen LogP contribution >= 0.6 is 11.8 Å². The summed E-state index contributed by atoms with van der Waals surface area (Å²) in [5.74, 6) is -2.04. The third-order valence-corrected chi connectivity index (χ3v) is 5.55. The van der Waals surface area contributed by atoms with Gasteiger partial charge in [0.15, 0.2) is 0 Å². The van der Waals surface area contributed by atoms with E-state index in [4.69, 9.17) is 4.74 Å². The van der Waals surface area contributed by atoms with Crippen LogP contribution in [0.1, 0.15) is 19.8 Å². The lowest BCUT2D eigenvalue weighted by Gasteiger charge is -2.43. The van der Waals surface area contributed by atoms with Gasteiger partial charge in [0.2, 0.25) is 5.91 Å². The van der Waals surface area contributed by atoms with E-state index >= 15 is 0 Å². The summed E-state index contributed by atoms with van der Waals surface area (Å²) in [5.41, 5.74) is 0.605. The van der Waals surface area contributed by atoms with Crippen molar-refractivity contribution in [2.45, 2.75) is 37.3 Å². The van der Waals surface area contributed by atoms with E-state index in [2.05, 4.69) is 6.58 Å². The summed E-state index contributed by atoms with van der Waals surface area (Å²) in [4.78, 5) is 25.4. The minimum absolute atomic E-state index is 0.0209. The highest BCUT2D eigenvalue weighted by atomic mass is 32.2. The van der Waals surface area contributed by atoms with Crippen molar-refractivity contribution in [2.75, 3.05) is 6.61 Å². The van der Waals surface area contributed by atoms with Crippen LogP contribution in [0.5, 0.6) is 0 Å². The molecule has 0 aromatic rings. The normalized spacial score (nSPS) is 33.0. The van der Waals surface area contributed by atoms with Gasteiger partial charge in [-0.05, 0) is 25.3 Å². The lowest BCUT2D eigenvalue weighted by Crippen LogP contribution is -2.60. The molecular weight excluding hydrogens is 294 g/mol. The predicted octanol–water partition coefficient (Wildman–Crippen LogP) is 0.930. The average molecular weight is 311 g/mol. The molecule has 2 fully saturated rings. The number of aliphatic carboxylic acids is 1. The lowest BCUT2D eigenvalue weighted by atomic mass is 9.92. The second kappa shape index (κ2) is 5.15. The number of carbonyl (C=O) groups is 2. The van der Waals surface area contributed by atoms with Crippen LogP contribution in [0.15, 0.2) is 22.8 Å². The number of β-lactam (4-membered cyclic amide) rings is 1. The maximum Gasteiger partial charge on any atom is 0.353 e. The lowest BCUT2D eigenvalue weighted by molar-refractivity contribution is -0.156. The minimum atomic E-state index is -1.14. The van der Waals surface area contributed by atoms with Crippen molar-refractivity contribution < 1.29 is 24.5 Å². The standard InChI is InChI=1S/C14H17NO5S/c1-6(8-4-3-5-20-8)11-10(14(18)19)15-12(17)9(7(2)16)13(15)21-11/h7-9,13,16H,1,3-5H2,2H3,(H,18,19)/t7?,8?,9-,13+/m0/s1. The van der Waals surface area contributed by atoms with Crippen molar-refractivity contribution in [1.29, 1.82) is 0 Å². The first-order chi connectivity index (χ1) is 9.93. The Balaban J connectivity index is 1.90. The molecule has 0 spiro atoms. The number of ether oxygens (including phenoxy) is 1. The van der Waals surface area contributed by atoms with Crippen LogP contribution in [0.2, 0.25) is 0 Å². The molecule has 0 bridgehead atoms. The topological polar surface area (TPSA) is 87.1 Å². The minimum Gasteiger partial charge on any atom is -0.477 e. The molecule has 1 amide bonds. The van der Waals surface area contributed by atoms with Gasteiger partial charge >= 0.3 is 5.97 Å². The number of hydrogen-bond donors (Lipinski definition) is 2. The van der Waals surface area contributed by atoms with E-state index in [1.54, 1.807) is 6.92 Å². The van der Waals surface area contributed by atoms with Gasteiger partial charge in [-0.1, -0.05) is 18.3 Å². The first-order valence-corrected chi connectivity index (χ1v) is 7.77. The number of carbonyl (C=O) groups excluding carboxylic acids is 1. The Morgan fingerprint density at radius 1 is 1.57 bits per heavy atom. The quantitative estimate of drug-likeness (QED) is 0.751. The van der Waals surface area contributed by atoms with Crippen LogP contribution in [0.3, 0.4) is 0 Å². The van der Waals surface area contributed by atoms with E-state index in [9.17, 15) is 19.8 Å². The van der Waals surface area contributed by atoms with Crippen LogP contribution in [-0.4, -0.2) is 51.2 Å². The van der Waals surface area contributed by atoms with E-state index in [1.807, 2.05) is 0 Å². The molecule has 2 N–H and O–H groups in total. The van der Waals surface area contributed by atoms with Crippen molar-refractivity contribution in [1.82, 2.24) is 4.90 Å². The van der Waals surface area contributed by atoms with Crippen molar-refractivity contribution in [3.05, 3.63) is 22.8 Å². The molecule has 0 aromatic heterocycles. The molecule has 3 rings (SSSR count). The van der Waals surface area contributed by atoms with Crippen molar-refractivity contribution in [3.63, 3.8) is 0 Å². The molecule has 6 nitrogen and oxygen atoms in total. The molecule has 2 saturated heterocycles. The number of amides is 1. The summed E-state index contributed by atoms with van der Waals surface area (Å²) < 4.78 is 5.55. The highest BCUT2D eigenvalue weighted by Crippen LogP contribution is 2.53. The number of rotatable bonds is 4. The zero-order valence-corrected chi connectivity index (χ0v) is 12.4. The summed E-state index contributed by atoms with van der Waals surface area (Å²) in [5, 5.41) is 18.8. The molecule has 3 aliphatic rings. The molecule has 21 heavy (non-hydrogen) atoms. The molecule has 4 atom stereocenters. The largest absolute Gasteiger partial charge is 0.477 e. The number of aliphatic hydroxyl groups is 1. The van der Waals surface area contributed by atoms with Crippen LogP contribution in [0.25, 0.3) is 0 Å². The van der Waals surface area contributed by atoms with Gasteiger partial charge in [-0.25, -0.2) is 4.79 Å². The molecule has 114 valence electrons. The molecule has 0 aliphatic carbocycles. The zero-order valence-electron chi connectivity index (χ0n) is 11.6. The summed E-state index contributed by atoms with van der Waals surface area (Å²) in [6.45, 7) is 6.17. The Morgan fingerprint density at radius 2 is 2.29 bits per heavy atom. The second-order valence-corrected chi connectivity index (χ2v) is 6.62. The first kappa shape index (κ1) is 14.6. The van der Waals surface area contributed by atoms with Crippen molar-refractivity contribution in [2.24, 2.45) is 5.92 Å². The van der Waals surface area contributed by atoms with Crippen LogP contribution in [0, 0.1) is 5.92 Å². The molecular formula is C14H17NO5S. The van der Waals surface area contributed by atoms with Gasteiger partial charge in [-0.2, -0.15) is 0 Å². The van der Waals surface area contributed by atoms with E-state index in [-0.39, 0.29) is 23.1 Å². The molecule has 7 heteroatoms. The van der Waals surface area contributed by atoms with Crippen molar-refractivity contribution in [3.8, 4) is 0 Å². The molecule has 2 unspecified atom stereocenters. The second-order valence-electron chi connectivity index (χ2n) is 5.49. The Bertz CT molecular complexity index is 550. The number of hydrogen-bond acceptors (Lipinski definition) is 5. The molecule has 0 aromatic carbocycles. The highest BCUT2D eigenvalue weighted by Gasteiger charge is 2.58. The summed E-state index contributed by atoms with van der Waals surface area (Å²) in [7, 11) is 0. The van der Waals surface area contributed by atoms with Gasteiger partial charge in [-0.3, -0.25) is 9.69 Å². The fraction of sp³-hybridized carbons (Fsp3) is 0.571. The van der Waals surface area contributed by atoms with E-state index in [0.29, 0.717) is 17.1 Å². The Kier molecular flexibility index (Phi) is 3.59. The third kappa shape index (κ3) is 2.11. The fourth-order valence-electron chi connectivity index (χ4n) is 3.01. The first-order valence-electron chi connectivity index (χ1n) is 6.89. The number of fused-ring (bicyclic) bond motifs is 1. The number of carboxylic acids is 1. The monoisotopic (exact) mass is 311 g/mol. The van der Waals surface area contributed by atoms with Gasteiger partial charge in [-0.15, -0.1) is 0 Å². The van der Waals surface area contributed by atoms with Gasteiger partial charge in [0, 0.05) is 11.5 Å². The number of nitrogens with zero attached hydrogens (tertiary/aromatic N) is 1. The molecule has 3 aliphatic heterocycles. The number of carboxylic acid groups (broad SMARTS) is 1. The van der Waals surface area contributed by atoms with Crippen molar-refractivity contribution >= 4 is 23.6 Å². The Labute approximate surface area is 126 Å². The summed E-state index contributed by atoms with van der Waals surface area (Å²) in [6.07, 6.45) is 0.762. The van der Waals surface area contributed by atoms with Gasteiger partial charge in [0.05, 0.1) is 18.1 Å². The zero-order chi connectivity index (χ0) is 15.3. The molecule has 0 saturated carbocycles. The van der Waals surface area contributed by atoms with E-state index < -0.39 is 18.0 Å². The SMILES string of the molecule is C=C(C1=C(C(=O)O)N2C(=O)[C@H](C(C)O)[C@H]2S1)C1CCCO1. The predicted molar refractivity (Wildman–Crippen MR) is 76.2 cm³/mol. The number of aliphatic hydroxyl groups excluding tert-OH is 1. The highest BCUT2D eigenvalue weighted by molar-refractivity contribution is 8.04. The Morgan fingerprint density at radius 3 is 2.81 bits per heavy atom.